The van der Waals surface area contributed by atoms with Gasteiger partial charge in [0.15, 0.2) is 0 Å². The quantitative estimate of drug-likeness (QED) is 0.770. The molecule has 1 N–H and O–H groups in total. The summed E-state index contributed by atoms with van der Waals surface area (Å²) < 4.78 is 0. The third kappa shape index (κ3) is 2.14. The number of rotatable bonds is 1. The van der Waals surface area contributed by atoms with Crippen molar-refractivity contribution in [2.24, 2.45) is 0 Å². The number of para-hydroxylation sites is 1. The van der Waals surface area contributed by atoms with E-state index in [9.17, 15) is 4.79 Å². The van der Waals surface area contributed by atoms with Crippen LogP contribution in [0.4, 0.5) is 5.69 Å². The fourth-order valence-electron chi connectivity index (χ4n) is 2.07. The van der Waals surface area contributed by atoms with Crippen LogP contribution in [0.3, 0.4) is 0 Å². The van der Waals surface area contributed by atoms with E-state index in [2.05, 4.69) is 5.32 Å². The number of benzene rings is 2. The van der Waals surface area contributed by atoms with E-state index in [0.717, 1.165) is 16.8 Å². The Hall–Kier alpha value is -1.77. The Morgan fingerprint density at radius 3 is 2.63 bits per heavy atom. The molecule has 0 saturated heterocycles. The molecule has 0 saturated carbocycles. The molecule has 94 valence electrons. The topological polar surface area (TPSA) is 29.1 Å². The van der Waals surface area contributed by atoms with E-state index in [0.29, 0.717) is 15.6 Å². The van der Waals surface area contributed by atoms with E-state index >= 15 is 0 Å². The summed E-state index contributed by atoms with van der Waals surface area (Å²) in [6.45, 7) is 0. The first-order valence-electron chi connectivity index (χ1n) is 5.73. The van der Waals surface area contributed by atoms with Crippen LogP contribution in [0.2, 0.25) is 10.0 Å². The minimum Gasteiger partial charge on any atom is -0.321 e. The summed E-state index contributed by atoms with van der Waals surface area (Å²) in [5.74, 6) is -0.128. The van der Waals surface area contributed by atoms with Crippen LogP contribution < -0.4 is 5.32 Å². The maximum atomic E-state index is 12.0. The minimum atomic E-state index is -0.128. The average Bonchev–Trinajstić information content (AvgIpc) is 2.72. The molecule has 3 rings (SSSR count). The lowest BCUT2D eigenvalue weighted by atomic mass is 10.0. The van der Waals surface area contributed by atoms with E-state index in [1.165, 1.54) is 0 Å². The van der Waals surface area contributed by atoms with E-state index in [-0.39, 0.29) is 5.91 Å². The van der Waals surface area contributed by atoms with E-state index in [1.807, 2.05) is 30.3 Å². The van der Waals surface area contributed by atoms with Crippen molar-refractivity contribution < 1.29 is 4.79 Å². The molecule has 2 nitrogen and oxygen atoms in total. The summed E-state index contributed by atoms with van der Waals surface area (Å²) in [6, 6.07) is 12.9. The molecule has 1 heterocycles. The molecular formula is C15H9Cl2NO. The third-order valence-corrected chi connectivity index (χ3v) is 3.82. The molecule has 0 fully saturated rings. The summed E-state index contributed by atoms with van der Waals surface area (Å²) in [4.78, 5) is 12.0. The molecule has 0 aromatic heterocycles. The van der Waals surface area contributed by atoms with Crippen molar-refractivity contribution in [3.8, 4) is 0 Å². The van der Waals surface area contributed by atoms with Crippen molar-refractivity contribution in [2.75, 3.05) is 5.32 Å². The van der Waals surface area contributed by atoms with Gasteiger partial charge in [0.1, 0.15) is 0 Å². The van der Waals surface area contributed by atoms with Crippen LogP contribution in [0.25, 0.3) is 11.6 Å². The summed E-state index contributed by atoms with van der Waals surface area (Å²) >= 11 is 12.1. The number of hydrogen-bond donors (Lipinski definition) is 1. The lowest BCUT2D eigenvalue weighted by Crippen LogP contribution is -2.03. The van der Waals surface area contributed by atoms with Crippen LogP contribution in [-0.4, -0.2) is 5.91 Å². The highest BCUT2D eigenvalue weighted by Gasteiger charge is 2.23. The van der Waals surface area contributed by atoms with Gasteiger partial charge in [0.25, 0.3) is 5.91 Å². The molecule has 1 amide bonds. The number of nitrogens with one attached hydrogen (secondary N) is 1. The van der Waals surface area contributed by atoms with Crippen molar-refractivity contribution in [3.05, 3.63) is 63.6 Å². The SMILES string of the molecule is O=C1Nc2ccccc2/C1=C\c1cccc(Cl)c1Cl. The van der Waals surface area contributed by atoms with E-state index in [1.54, 1.807) is 18.2 Å². The largest absolute Gasteiger partial charge is 0.321 e. The van der Waals surface area contributed by atoms with Crippen LogP contribution >= 0.6 is 23.2 Å². The summed E-state index contributed by atoms with van der Waals surface area (Å²) in [7, 11) is 0. The number of anilines is 1. The molecular weight excluding hydrogens is 281 g/mol. The summed E-state index contributed by atoms with van der Waals surface area (Å²) in [6.07, 6.45) is 1.76. The Kier molecular flexibility index (Phi) is 3.05. The zero-order chi connectivity index (χ0) is 13.4. The van der Waals surface area contributed by atoms with Crippen LogP contribution in [-0.2, 0) is 4.79 Å². The van der Waals surface area contributed by atoms with Crippen LogP contribution in [0.15, 0.2) is 42.5 Å². The third-order valence-electron chi connectivity index (χ3n) is 2.99. The number of halogens is 2. The molecule has 0 bridgehead atoms. The first kappa shape index (κ1) is 12.3. The highest BCUT2D eigenvalue weighted by atomic mass is 35.5. The van der Waals surface area contributed by atoms with Gasteiger partial charge < -0.3 is 5.32 Å². The second kappa shape index (κ2) is 4.72. The molecule has 0 spiro atoms. The normalized spacial score (nSPS) is 15.5. The van der Waals surface area contributed by atoms with Gasteiger partial charge in [-0.3, -0.25) is 4.79 Å². The monoisotopic (exact) mass is 289 g/mol. The first-order chi connectivity index (χ1) is 9.16. The van der Waals surface area contributed by atoms with Gasteiger partial charge in [0.2, 0.25) is 0 Å². The molecule has 0 radical (unpaired) electrons. The Bertz CT molecular complexity index is 707. The highest BCUT2D eigenvalue weighted by molar-refractivity contribution is 6.43. The van der Waals surface area contributed by atoms with Gasteiger partial charge in [-0.1, -0.05) is 53.5 Å². The fraction of sp³-hybridized carbons (Fsp3) is 0. The molecule has 2 aromatic rings. The Labute approximate surface area is 120 Å². The van der Waals surface area contributed by atoms with Gasteiger partial charge in [-0.05, 0) is 23.8 Å². The van der Waals surface area contributed by atoms with Gasteiger partial charge in [0, 0.05) is 16.8 Å². The second-order valence-electron chi connectivity index (χ2n) is 4.20. The number of fused-ring (bicyclic) bond motifs is 1. The van der Waals surface area contributed by atoms with Gasteiger partial charge >= 0.3 is 0 Å². The molecule has 4 heteroatoms. The predicted octanol–water partition coefficient (Wildman–Crippen LogP) is 4.49. The van der Waals surface area contributed by atoms with Gasteiger partial charge in [-0.2, -0.15) is 0 Å². The Balaban J connectivity index is 2.14. The molecule has 0 aliphatic carbocycles. The zero-order valence-corrected chi connectivity index (χ0v) is 11.3. The zero-order valence-electron chi connectivity index (χ0n) is 9.78. The standard InChI is InChI=1S/C15H9Cl2NO/c16-12-6-3-4-9(14(12)17)8-11-10-5-1-2-7-13(10)18-15(11)19/h1-8H,(H,18,19)/b11-8+. The van der Waals surface area contributed by atoms with Crippen LogP contribution in [0.5, 0.6) is 0 Å². The highest BCUT2D eigenvalue weighted by Crippen LogP contribution is 2.35. The van der Waals surface area contributed by atoms with Crippen molar-refractivity contribution in [1.82, 2.24) is 0 Å². The fourth-order valence-corrected chi connectivity index (χ4v) is 2.43. The lowest BCUT2D eigenvalue weighted by Gasteiger charge is -2.02. The molecule has 0 unspecified atom stereocenters. The summed E-state index contributed by atoms with van der Waals surface area (Å²) in [5, 5.41) is 3.75. The minimum absolute atomic E-state index is 0.128. The molecule has 19 heavy (non-hydrogen) atoms. The van der Waals surface area contributed by atoms with Gasteiger partial charge in [-0.25, -0.2) is 0 Å². The number of amides is 1. The van der Waals surface area contributed by atoms with Crippen molar-refractivity contribution in [3.63, 3.8) is 0 Å². The number of carbonyl (C=O) groups is 1. The molecule has 2 aromatic carbocycles. The van der Waals surface area contributed by atoms with Crippen molar-refractivity contribution in [1.29, 1.82) is 0 Å². The lowest BCUT2D eigenvalue weighted by molar-refractivity contribution is -0.110. The van der Waals surface area contributed by atoms with Gasteiger partial charge in [-0.15, -0.1) is 0 Å². The molecule has 0 atom stereocenters. The maximum Gasteiger partial charge on any atom is 0.256 e. The van der Waals surface area contributed by atoms with Crippen molar-refractivity contribution in [2.45, 2.75) is 0 Å². The maximum absolute atomic E-state index is 12.0. The van der Waals surface area contributed by atoms with Crippen LogP contribution in [0.1, 0.15) is 11.1 Å². The number of hydrogen-bond acceptors (Lipinski definition) is 1. The number of carbonyl (C=O) groups excluding carboxylic acids is 1. The molecule has 1 aliphatic heterocycles. The van der Waals surface area contributed by atoms with Crippen LogP contribution in [0, 0.1) is 0 Å². The van der Waals surface area contributed by atoms with Gasteiger partial charge in [0.05, 0.1) is 10.0 Å². The van der Waals surface area contributed by atoms with E-state index < -0.39 is 0 Å². The Morgan fingerprint density at radius 1 is 1.00 bits per heavy atom. The first-order valence-corrected chi connectivity index (χ1v) is 6.49. The second-order valence-corrected chi connectivity index (χ2v) is 4.99. The average molecular weight is 290 g/mol. The Morgan fingerprint density at radius 2 is 1.79 bits per heavy atom. The predicted molar refractivity (Wildman–Crippen MR) is 79.4 cm³/mol. The summed E-state index contributed by atoms with van der Waals surface area (Å²) in [5.41, 5.74) is 3.02. The smallest absolute Gasteiger partial charge is 0.256 e. The molecule has 1 aliphatic rings. The van der Waals surface area contributed by atoms with E-state index in [4.69, 9.17) is 23.2 Å². The van der Waals surface area contributed by atoms with Crippen molar-refractivity contribution >= 4 is 46.4 Å².